The zero-order valence-corrected chi connectivity index (χ0v) is 11.0. The van der Waals surface area contributed by atoms with Crippen LogP contribution in [0, 0.1) is 5.82 Å². The standard InChI is InChI=1S/C14H11FN2O4/c1-21-12-6-9(3-4-10(12)15)17-13(18)11-5-2-8(7-16-11)14(19)20/h2-7H,1H3,(H,17,18)(H,19,20). The van der Waals surface area contributed by atoms with Gasteiger partial charge in [0, 0.05) is 18.0 Å². The van der Waals surface area contributed by atoms with Gasteiger partial charge >= 0.3 is 5.97 Å². The number of carboxylic acids is 1. The molecule has 1 amide bonds. The Hall–Kier alpha value is -2.96. The van der Waals surface area contributed by atoms with Crippen molar-refractivity contribution >= 4 is 17.6 Å². The first kappa shape index (κ1) is 14.4. The fourth-order valence-corrected chi connectivity index (χ4v) is 1.59. The van der Waals surface area contributed by atoms with Crippen LogP contribution in [0.3, 0.4) is 0 Å². The highest BCUT2D eigenvalue weighted by molar-refractivity contribution is 6.03. The highest BCUT2D eigenvalue weighted by Gasteiger charge is 2.11. The number of amides is 1. The maximum absolute atomic E-state index is 13.2. The van der Waals surface area contributed by atoms with Gasteiger partial charge in [0.1, 0.15) is 5.69 Å². The number of aromatic nitrogens is 1. The van der Waals surface area contributed by atoms with E-state index in [9.17, 15) is 14.0 Å². The Morgan fingerprint density at radius 2 is 2.05 bits per heavy atom. The minimum atomic E-state index is -1.13. The molecule has 0 radical (unpaired) electrons. The van der Waals surface area contributed by atoms with E-state index in [-0.39, 0.29) is 17.0 Å². The van der Waals surface area contributed by atoms with Crippen LogP contribution in [0.4, 0.5) is 10.1 Å². The van der Waals surface area contributed by atoms with Gasteiger partial charge in [-0.2, -0.15) is 0 Å². The third-order valence-corrected chi connectivity index (χ3v) is 2.65. The normalized spacial score (nSPS) is 10.0. The lowest BCUT2D eigenvalue weighted by Gasteiger charge is -2.07. The van der Waals surface area contributed by atoms with Crippen LogP contribution in [0.15, 0.2) is 36.5 Å². The van der Waals surface area contributed by atoms with Crippen LogP contribution in [0.2, 0.25) is 0 Å². The van der Waals surface area contributed by atoms with Crippen LogP contribution in [0.5, 0.6) is 5.75 Å². The molecular weight excluding hydrogens is 279 g/mol. The fraction of sp³-hybridized carbons (Fsp3) is 0.0714. The van der Waals surface area contributed by atoms with E-state index in [1.165, 1.54) is 31.4 Å². The highest BCUT2D eigenvalue weighted by Crippen LogP contribution is 2.21. The molecule has 0 atom stereocenters. The number of pyridine rings is 1. The summed E-state index contributed by atoms with van der Waals surface area (Å²) >= 11 is 0. The number of nitrogens with zero attached hydrogens (tertiary/aromatic N) is 1. The number of halogens is 1. The zero-order chi connectivity index (χ0) is 15.4. The Balaban J connectivity index is 2.15. The number of carbonyl (C=O) groups excluding carboxylic acids is 1. The van der Waals surface area contributed by atoms with E-state index in [1.807, 2.05) is 0 Å². The second-order valence-corrected chi connectivity index (χ2v) is 4.04. The van der Waals surface area contributed by atoms with E-state index in [2.05, 4.69) is 10.3 Å². The molecule has 1 aromatic heterocycles. The minimum absolute atomic E-state index is 0.00184. The van der Waals surface area contributed by atoms with Crippen LogP contribution in [-0.2, 0) is 0 Å². The van der Waals surface area contributed by atoms with Crippen LogP contribution in [-0.4, -0.2) is 29.1 Å². The summed E-state index contributed by atoms with van der Waals surface area (Å²) in [6.07, 6.45) is 1.09. The first-order chi connectivity index (χ1) is 10.0. The highest BCUT2D eigenvalue weighted by atomic mass is 19.1. The molecule has 2 N–H and O–H groups in total. The molecule has 1 heterocycles. The summed E-state index contributed by atoms with van der Waals surface area (Å²) < 4.78 is 18.1. The van der Waals surface area contributed by atoms with Gasteiger partial charge in [0.05, 0.1) is 12.7 Å². The molecule has 0 saturated carbocycles. The number of hydrogen-bond acceptors (Lipinski definition) is 4. The van der Waals surface area contributed by atoms with Crippen molar-refractivity contribution in [1.29, 1.82) is 0 Å². The molecule has 21 heavy (non-hydrogen) atoms. The number of ether oxygens (including phenoxy) is 1. The number of nitrogens with one attached hydrogen (secondary N) is 1. The number of carbonyl (C=O) groups is 2. The second-order valence-electron chi connectivity index (χ2n) is 4.04. The van der Waals surface area contributed by atoms with E-state index < -0.39 is 17.7 Å². The van der Waals surface area contributed by atoms with Gasteiger partial charge in [-0.25, -0.2) is 9.18 Å². The third-order valence-electron chi connectivity index (χ3n) is 2.65. The van der Waals surface area contributed by atoms with E-state index in [0.29, 0.717) is 5.69 Å². The Kier molecular flexibility index (Phi) is 4.13. The molecular formula is C14H11FN2O4. The molecule has 108 valence electrons. The average Bonchev–Trinajstić information content (AvgIpc) is 2.49. The lowest BCUT2D eigenvalue weighted by Crippen LogP contribution is -2.14. The molecule has 0 aliphatic heterocycles. The van der Waals surface area contributed by atoms with Crippen molar-refractivity contribution in [2.75, 3.05) is 12.4 Å². The molecule has 1 aromatic carbocycles. The largest absolute Gasteiger partial charge is 0.494 e. The fourth-order valence-electron chi connectivity index (χ4n) is 1.59. The predicted octanol–water partition coefficient (Wildman–Crippen LogP) is 2.18. The van der Waals surface area contributed by atoms with Crippen LogP contribution in [0.25, 0.3) is 0 Å². The molecule has 0 aliphatic carbocycles. The van der Waals surface area contributed by atoms with Gasteiger partial charge in [-0.05, 0) is 24.3 Å². The summed E-state index contributed by atoms with van der Waals surface area (Å²) in [7, 11) is 1.32. The van der Waals surface area contributed by atoms with Gasteiger partial charge in [-0.15, -0.1) is 0 Å². The lowest BCUT2D eigenvalue weighted by atomic mass is 10.2. The van der Waals surface area contributed by atoms with Gasteiger partial charge < -0.3 is 15.2 Å². The van der Waals surface area contributed by atoms with Crippen molar-refractivity contribution < 1.29 is 23.8 Å². The summed E-state index contributed by atoms with van der Waals surface area (Å²) in [6, 6.07) is 6.44. The quantitative estimate of drug-likeness (QED) is 0.901. The topological polar surface area (TPSA) is 88.5 Å². The Morgan fingerprint density at radius 3 is 2.62 bits per heavy atom. The van der Waals surface area contributed by atoms with E-state index in [4.69, 9.17) is 9.84 Å². The summed E-state index contributed by atoms with van der Waals surface area (Å²) in [5.74, 6) is -2.21. The molecule has 2 rings (SSSR count). The Labute approximate surface area is 119 Å². The van der Waals surface area contributed by atoms with Crippen molar-refractivity contribution in [3.8, 4) is 5.75 Å². The first-order valence-corrected chi connectivity index (χ1v) is 5.85. The molecule has 7 heteroatoms. The van der Waals surface area contributed by atoms with Crippen molar-refractivity contribution in [3.63, 3.8) is 0 Å². The average molecular weight is 290 g/mol. The molecule has 0 bridgehead atoms. The summed E-state index contributed by atoms with van der Waals surface area (Å²) in [5, 5.41) is 11.3. The Morgan fingerprint density at radius 1 is 1.29 bits per heavy atom. The molecule has 0 aliphatic rings. The van der Waals surface area contributed by atoms with Gasteiger partial charge in [0.2, 0.25) is 0 Å². The molecule has 0 saturated heterocycles. The molecule has 6 nitrogen and oxygen atoms in total. The van der Waals surface area contributed by atoms with Crippen LogP contribution < -0.4 is 10.1 Å². The van der Waals surface area contributed by atoms with Crippen molar-refractivity contribution in [1.82, 2.24) is 4.98 Å². The Bertz CT molecular complexity index is 686. The maximum atomic E-state index is 13.2. The summed E-state index contributed by atoms with van der Waals surface area (Å²) in [4.78, 5) is 26.4. The van der Waals surface area contributed by atoms with Gasteiger partial charge in [-0.1, -0.05) is 0 Å². The summed E-state index contributed by atoms with van der Waals surface area (Å²) in [5.41, 5.74) is 0.362. The third kappa shape index (κ3) is 3.33. The number of anilines is 1. The van der Waals surface area contributed by atoms with Gasteiger partial charge in [0.15, 0.2) is 11.6 Å². The monoisotopic (exact) mass is 290 g/mol. The van der Waals surface area contributed by atoms with Gasteiger partial charge in [0.25, 0.3) is 5.91 Å². The van der Waals surface area contributed by atoms with Gasteiger partial charge in [-0.3, -0.25) is 9.78 Å². The molecule has 0 fully saturated rings. The lowest BCUT2D eigenvalue weighted by molar-refractivity contribution is 0.0696. The van der Waals surface area contributed by atoms with E-state index >= 15 is 0 Å². The first-order valence-electron chi connectivity index (χ1n) is 5.85. The number of aromatic carboxylic acids is 1. The van der Waals surface area contributed by atoms with E-state index in [1.54, 1.807) is 0 Å². The van der Waals surface area contributed by atoms with Crippen LogP contribution in [0.1, 0.15) is 20.8 Å². The van der Waals surface area contributed by atoms with Crippen LogP contribution >= 0.6 is 0 Å². The summed E-state index contributed by atoms with van der Waals surface area (Å²) in [6.45, 7) is 0. The number of benzene rings is 1. The van der Waals surface area contributed by atoms with Crippen molar-refractivity contribution in [2.24, 2.45) is 0 Å². The smallest absolute Gasteiger partial charge is 0.337 e. The number of carboxylic acid groups (broad SMARTS) is 1. The number of methoxy groups -OCH3 is 1. The molecule has 0 spiro atoms. The SMILES string of the molecule is COc1cc(NC(=O)c2ccc(C(=O)O)cn2)ccc1F. The predicted molar refractivity (Wildman–Crippen MR) is 72.1 cm³/mol. The minimum Gasteiger partial charge on any atom is -0.494 e. The molecule has 2 aromatic rings. The maximum Gasteiger partial charge on any atom is 0.337 e. The molecule has 0 unspecified atom stereocenters. The van der Waals surface area contributed by atoms with Crippen molar-refractivity contribution in [2.45, 2.75) is 0 Å². The van der Waals surface area contributed by atoms with E-state index in [0.717, 1.165) is 12.3 Å². The number of hydrogen-bond donors (Lipinski definition) is 2. The second kappa shape index (κ2) is 6.00. The zero-order valence-electron chi connectivity index (χ0n) is 11.0. The van der Waals surface area contributed by atoms with Crippen molar-refractivity contribution in [3.05, 3.63) is 53.6 Å². The number of rotatable bonds is 4.